The van der Waals surface area contributed by atoms with Crippen molar-refractivity contribution in [2.75, 3.05) is 32.1 Å². The van der Waals surface area contributed by atoms with E-state index in [9.17, 15) is 4.79 Å². The van der Waals surface area contributed by atoms with Crippen molar-refractivity contribution in [3.8, 4) is 16.2 Å². The van der Waals surface area contributed by atoms with Gasteiger partial charge < -0.3 is 9.47 Å². The van der Waals surface area contributed by atoms with Gasteiger partial charge in [-0.3, -0.25) is 10.2 Å². The Labute approximate surface area is 151 Å². The minimum absolute atomic E-state index is 0.0152. The molecule has 1 amide bonds. The summed E-state index contributed by atoms with van der Waals surface area (Å²) >= 11 is 1.59. The number of thiophene rings is 1. The van der Waals surface area contributed by atoms with Crippen LogP contribution in [0.2, 0.25) is 0 Å². The lowest BCUT2D eigenvalue weighted by molar-refractivity contribution is -0.0289. The van der Waals surface area contributed by atoms with Crippen LogP contribution in [-0.4, -0.2) is 43.8 Å². The largest absolute Gasteiger partial charge is 0.497 e. The first-order chi connectivity index (χ1) is 12.2. The molecule has 25 heavy (non-hydrogen) atoms. The predicted octanol–water partition coefficient (Wildman–Crippen LogP) is 4.07. The molecule has 3 fully saturated rings. The Morgan fingerprint density at radius 1 is 1.28 bits per heavy atom. The predicted molar refractivity (Wildman–Crippen MR) is 99.4 cm³/mol. The molecule has 3 aliphatic heterocycles. The van der Waals surface area contributed by atoms with E-state index in [1.807, 2.05) is 35.7 Å². The molecule has 1 atom stereocenters. The van der Waals surface area contributed by atoms with Gasteiger partial charge in [-0.1, -0.05) is 12.1 Å². The van der Waals surface area contributed by atoms with Crippen LogP contribution in [0.1, 0.15) is 12.8 Å². The fourth-order valence-electron chi connectivity index (χ4n) is 3.72. The van der Waals surface area contributed by atoms with Gasteiger partial charge >= 0.3 is 6.09 Å². The average Bonchev–Trinajstić information content (AvgIpc) is 3.10. The number of benzene rings is 1. The van der Waals surface area contributed by atoms with Gasteiger partial charge in [-0.25, -0.2) is 4.79 Å². The zero-order chi connectivity index (χ0) is 17.2. The second-order valence-electron chi connectivity index (χ2n) is 6.60. The molecule has 3 aliphatic rings. The Balaban J connectivity index is 1.44. The number of amides is 1. The Kier molecular flexibility index (Phi) is 4.63. The molecule has 1 aromatic heterocycles. The SMILES string of the molecule is COc1cccc(-c2sccc2NC(=O)OC2CN3CCC2CC3)c1. The molecule has 1 N–H and O–H groups in total. The normalized spacial score (nSPS) is 24.8. The minimum atomic E-state index is -0.360. The molecule has 0 spiro atoms. The molecule has 0 saturated carbocycles. The molecule has 132 valence electrons. The average molecular weight is 358 g/mol. The van der Waals surface area contributed by atoms with Crippen LogP contribution in [0.5, 0.6) is 5.75 Å². The van der Waals surface area contributed by atoms with Crippen LogP contribution in [0.4, 0.5) is 10.5 Å². The van der Waals surface area contributed by atoms with Crippen molar-refractivity contribution in [2.45, 2.75) is 18.9 Å². The van der Waals surface area contributed by atoms with E-state index in [-0.39, 0.29) is 12.2 Å². The summed E-state index contributed by atoms with van der Waals surface area (Å²) in [5, 5.41) is 4.89. The van der Waals surface area contributed by atoms with Crippen molar-refractivity contribution in [1.82, 2.24) is 4.90 Å². The van der Waals surface area contributed by atoms with Gasteiger partial charge in [0.1, 0.15) is 11.9 Å². The highest BCUT2D eigenvalue weighted by atomic mass is 32.1. The third-order valence-electron chi connectivity index (χ3n) is 5.09. The van der Waals surface area contributed by atoms with Gasteiger partial charge in [0.15, 0.2) is 0 Å². The van der Waals surface area contributed by atoms with Crippen molar-refractivity contribution in [1.29, 1.82) is 0 Å². The molecular weight excluding hydrogens is 336 g/mol. The van der Waals surface area contributed by atoms with E-state index < -0.39 is 0 Å². The van der Waals surface area contributed by atoms with Crippen LogP contribution in [-0.2, 0) is 4.74 Å². The first-order valence-electron chi connectivity index (χ1n) is 8.65. The minimum Gasteiger partial charge on any atom is -0.497 e. The van der Waals surface area contributed by atoms with E-state index in [1.165, 1.54) is 0 Å². The first-order valence-corrected chi connectivity index (χ1v) is 9.53. The summed E-state index contributed by atoms with van der Waals surface area (Å²) in [6.45, 7) is 3.14. The van der Waals surface area contributed by atoms with E-state index in [4.69, 9.17) is 9.47 Å². The number of fused-ring (bicyclic) bond motifs is 3. The van der Waals surface area contributed by atoms with Crippen molar-refractivity contribution < 1.29 is 14.3 Å². The number of nitrogens with one attached hydrogen (secondary N) is 1. The van der Waals surface area contributed by atoms with E-state index in [2.05, 4.69) is 10.2 Å². The Morgan fingerprint density at radius 2 is 2.12 bits per heavy atom. The highest BCUT2D eigenvalue weighted by Crippen LogP contribution is 2.36. The number of methoxy groups -OCH3 is 1. The third-order valence-corrected chi connectivity index (χ3v) is 6.05. The molecule has 0 radical (unpaired) electrons. The third kappa shape index (κ3) is 3.50. The molecule has 3 saturated heterocycles. The van der Waals surface area contributed by atoms with Gasteiger partial charge in [0.2, 0.25) is 0 Å². The molecule has 1 unspecified atom stereocenters. The van der Waals surface area contributed by atoms with Gasteiger partial charge in [-0.2, -0.15) is 0 Å². The molecule has 1 aromatic carbocycles. The molecule has 6 heteroatoms. The molecule has 4 heterocycles. The number of hydrogen-bond acceptors (Lipinski definition) is 5. The number of piperidine rings is 3. The smallest absolute Gasteiger partial charge is 0.411 e. The highest BCUT2D eigenvalue weighted by molar-refractivity contribution is 7.14. The number of carbonyl (C=O) groups excluding carboxylic acids is 1. The summed E-state index contributed by atoms with van der Waals surface area (Å²) < 4.78 is 11.0. The van der Waals surface area contributed by atoms with Crippen LogP contribution in [0.25, 0.3) is 10.4 Å². The lowest BCUT2D eigenvalue weighted by Gasteiger charge is -2.43. The Bertz CT molecular complexity index is 753. The van der Waals surface area contributed by atoms with E-state index in [1.54, 1.807) is 18.4 Å². The summed E-state index contributed by atoms with van der Waals surface area (Å²) in [6, 6.07) is 9.75. The molecule has 0 aliphatic carbocycles. The molecule has 5 nitrogen and oxygen atoms in total. The van der Waals surface area contributed by atoms with Gasteiger partial charge in [-0.05, 0) is 61.0 Å². The molecular formula is C19H22N2O3S. The fraction of sp³-hybridized carbons (Fsp3) is 0.421. The standard InChI is InChI=1S/C19H22N2O3S/c1-23-15-4-2-3-14(11-15)18-16(7-10-25-18)20-19(22)24-17-12-21-8-5-13(17)6-9-21/h2-4,7,10-11,13,17H,5-6,8-9,12H2,1H3,(H,20,22). The number of ether oxygens (including phenoxy) is 2. The number of nitrogens with zero attached hydrogens (tertiary/aromatic N) is 1. The zero-order valence-electron chi connectivity index (χ0n) is 14.2. The van der Waals surface area contributed by atoms with E-state index in [0.29, 0.717) is 5.92 Å². The van der Waals surface area contributed by atoms with Crippen LogP contribution < -0.4 is 10.1 Å². The Hall–Kier alpha value is -2.05. The maximum Gasteiger partial charge on any atom is 0.411 e. The summed E-state index contributed by atoms with van der Waals surface area (Å²) in [5.74, 6) is 1.31. The summed E-state index contributed by atoms with van der Waals surface area (Å²) in [7, 11) is 1.65. The summed E-state index contributed by atoms with van der Waals surface area (Å²) in [4.78, 5) is 15.8. The topological polar surface area (TPSA) is 50.8 Å². The van der Waals surface area contributed by atoms with Crippen molar-refractivity contribution >= 4 is 23.1 Å². The van der Waals surface area contributed by atoms with Gasteiger partial charge in [0, 0.05) is 6.54 Å². The zero-order valence-corrected chi connectivity index (χ0v) is 15.1. The number of anilines is 1. The van der Waals surface area contributed by atoms with Crippen molar-refractivity contribution in [3.05, 3.63) is 35.7 Å². The number of carbonyl (C=O) groups is 1. The van der Waals surface area contributed by atoms with Crippen molar-refractivity contribution in [2.24, 2.45) is 5.92 Å². The second-order valence-corrected chi connectivity index (χ2v) is 7.52. The van der Waals surface area contributed by atoms with Gasteiger partial charge in [0.05, 0.1) is 17.7 Å². The van der Waals surface area contributed by atoms with Crippen LogP contribution in [0, 0.1) is 5.92 Å². The molecule has 2 aromatic rings. The number of hydrogen-bond donors (Lipinski definition) is 1. The van der Waals surface area contributed by atoms with Gasteiger partial charge in [-0.15, -0.1) is 11.3 Å². The first kappa shape index (κ1) is 16.4. The van der Waals surface area contributed by atoms with Crippen LogP contribution in [0.15, 0.2) is 35.7 Å². The summed E-state index contributed by atoms with van der Waals surface area (Å²) in [5.41, 5.74) is 1.80. The molecule has 5 rings (SSSR count). The van der Waals surface area contributed by atoms with Gasteiger partial charge in [0.25, 0.3) is 0 Å². The lowest BCUT2D eigenvalue weighted by atomic mass is 9.86. The van der Waals surface area contributed by atoms with E-state index in [0.717, 1.165) is 54.4 Å². The summed E-state index contributed by atoms with van der Waals surface area (Å²) in [6.07, 6.45) is 1.92. The highest BCUT2D eigenvalue weighted by Gasteiger charge is 2.36. The molecule has 2 bridgehead atoms. The maximum atomic E-state index is 12.4. The monoisotopic (exact) mass is 358 g/mol. The number of rotatable bonds is 4. The quantitative estimate of drug-likeness (QED) is 0.895. The second kappa shape index (κ2) is 7.06. The van der Waals surface area contributed by atoms with Crippen LogP contribution >= 0.6 is 11.3 Å². The Morgan fingerprint density at radius 3 is 2.84 bits per heavy atom. The maximum absolute atomic E-state index is 12.4. The van der Waals surface area contributed by atoms with Crippen LogP contribution in [0.3, 0.4) is 0 Å². The lowest BCUT2D eigenvalue weighted by Crippen LogP contribution is -2.52. The van der Waals surface area contributed by atoms with Crippen molar-refractivity contribution in [3.63, 3.8) is 0 Å². The van der Waals surface area contributed by atoms with E-state index >= 15 is 0 Å². The fourth-order valence-corrected chi connectivity index (χ4v) is 4.57.